The van der Waals surface area contributed by atoms with E-state index in [9.17, 15) is 4.79 Å². The highest BCUT2D eigenvalue weighted by molar-refractivity contribution is 7.99. The molecule has 2 N–H and O–H groups in total. The van der Waals surface area contributed by atoms with Gasteiger partial charge in [0.15, 0.2) is 5.65 Å². The number of hydrogen-bond acceptors (Lipinski definition) is 7. The monoisotopic (exact) mass is 533 g/mol. The minimum absolute atomic E-state index is 0.0482. The van der Waals surface area contributed by atoms with Crippen LogP contribution in [0.4, 0.5) is 11.5 Å². The molecule has 0 saturated carbocycles. The number of benzene rings is 1. The summed E-state index contributed by atoms with van der Waals surface area (Å²) in [4.78, 5) is 22.5. The Bertz CT molecular complexity index is 1240. The van der Waals surface area contributed by atoms with E-state index in [0.717, 1.165) is 56.1 Å². The Morgan fingerprint density at radius 3 is 2.86 bits per heavy atom. The van der Waals surface area contributed by atoms with Gasteiger partial charge in [0.1, 0.15) is 11.0 Å². The van der Waals surface area contributed by atoms with Crippen LogP contribution >= 0.6 is 35.1 Å². The fourth-order valence-electron chi connectivity index (χ4n) is 5.00. The Morgan fingerprint density at radius 2 is 2.06 bits per heavy atom. The second-order valence-electron chi connectivity index (χ2n) is 9.08. The van der Waals surface area contributed by atoms with Crippen LogP contribution in [0.3, 0.4) is 0 Å². The maximum atomic E-state index is 13.8. The fraction of sp³-hybridized carbons (Fsp3) is 0.458. The zero-order valence-corrected chi connectivity index (χ0v) is 22.1. The number of likely N-dealkylation sites (tertiary alicyclic amines) is 1. The van der Waals surface area contributed by atoms with Crippen LogP contribution in [0.25, 0.3) is 5.65 Å². The molecule has 35 heavy (non-hydrogen) atoms. The zero-order chi connectivity index (χ0) is 24.5. The van der Waals surface area contributed by atoms with E-state index < -0.39 is 0 Å². The highest BCUT2D eigenvalue weighted by Gasteiger charge is 2.32. The van der Waals surface area contributed by atoms with Crippen LogP contribution in [0, 0.1) is 0 Å². The predicted octanol–water partition coefficient (Wildman–Crippen LogP) is 4.89. The number of amides is 1. The molecule has 2 saturated heterocycles. The van der Waals surface area contributed by atoms with Crippen molar-refractivity contribution in [1.29, 1.82) is 0 Å². The van der Waals surface area contributed by atoms with Crippen molar-refractivity contribution in [3.63, 3.8) is 0 Å². The lowest BCUT2D eigenvalue weighted by molar-refractivity contribution is 0.0607. The second-order valence-corrected chi connectivity index (χ2v) is 10.5. The van der Waals surface area contributed by atoms with Crippen LogP contribution in [0.5, 0.6) is 0 Å². The maximum Gasteiger partial charge on any atom is 0.256 e. The molecule has 1 amide bonds. The number of nitrogens with zero attached hydrogens (tertiary/aromatic N) is 5. The van der Waals surface area contributed by atoms with E-state index in [4.69, 9.17) is 28.3 Å². The summed E-state index contributed by atoms with van der Waals surface area (Å²) in [5, 5.41) is 9.42. The van der Waals surface area contributed by atoms with Crippen molar-refractivity contribution in [2.75, 3.05) is 42.1 Å². The molecule has 1 aromatic carbocycles. The van der Waals surface area contributed by atoms with Crippen molar-refractivity contribution in [2.24, 2.45) is 0 Å². The second kappa shape index (κ2) is 10.4. The third kappa shape index (κ3) is 5.05. The molecular weight excluding hydrogens is 505 g/mol. The normalized spacial score (nSPS) is 20.9. The van der Waals surface area contributed by atoms with Gasteiger partial charge in [0.2, 0.25) is 0 Å². The topological polar surface area (TPSA) is 77.8 Å². The molecule has 2 aromatic heterocycles. The van der Waals surface area contributed by atoms with E-state index in [1.165, 1.54) is 11.9 Å². The Morgan fingerprint density at radius 1 is 1.20 bits per heavy atom. The molecule has 0 radical (unpaired) electrons. The smallest absolute Gasteiger partial charge is 0.256 e. The van der Waals surface area contributed by atoms with E-state index in [0.29, 0.717) is 34.0 Å². The molecule has 2 fully saturated rings. The summed E-state index contributed by atoms with van der Waals surface area (Å²) in [6.07, 6.45) is 4.76. The summed E-state index contributed by atoms with van der Waals surface area (Å²) in [5.74, 6) is 0.877. The highest BCUT2D eigenvalue weighted by atomic mass is 35.5. The van der Waals surface area contributed by atoms with Crippen molar-refractivity contribution in [1.82, 2.24) is 24.8 Å². The van der Waals surface area contributed by atoms with Crippen molar-refractivity contribution in [3.8, 4) is 0 Å². The van der Waals surface area contributed by atoms with Gasteiger partial charge in [0, 0.05) is 55.6 Å². The van der Waals surface area contributed by atoms with Crippen LogP contribution in [0.1, 0.15) is 48.3 Å². The van der Waals surface area contributed by atoms with E-state index in [-0.39, 0.29) is 11.9 Å². The lowest BCUT2D eigenvalue weighted by Crippen LogP contribution is -2.49. The Balaban J connectivity index is 1.51. The minimum atomic E-state index is -0.146. The minimum Gasteiger partial charge on any atom is -0.354 e. The van der Waals surface area contributed by atoms with E-state index >= 15 is 0 Å². The quantitative estimate of drug-likeness (QED) is 0.357. The largest absolute Gasteiger partial charge is 0.354 e. The number of fused-ring (bicyclic) bond motifs is 1. The van der Waals surface area contributed by atoms with Crippen LogP contribution in [0.2, 0.25) is 10.2 Å². The van der Waals surface area contributed by atoms with E-state index in [1.54, 1.807) is 12.1 Å². The molecule has 4 heterocycles. The Kier molecular flexibility index (Phi) is 7.29. The number of anilines is 2. The Hall–Kier alpha value is -2.20. The number of carbonyl (C=O) groups excluding carboxylic acids is 1. The molecule has 3 aromatic rings. The van der Waals surface area contributed by atoms with Gasteiger partial charge in [-0.1, -0.05) is 35.1 Å². The molecule has 5 rings (SSSR count). The number of rotatable bonds is 5. The average molecular weight is 535 g/mol. The summed E-state index contributed by atoms with van der Waals surface area (Å²) < 4.78 is 5.08. The van der Waals surface area contributed by atoms with Crippen LogP contribution < -0.4 is 14.9 Å². The number of halogens is 2. The predicted molar refractivity (Wildman–Crippen MR) is 144 cm³/mol. The number of nitrogens with one attached hydrogen (secondary N) is 2. The lowest BCUT2D eigenvalue weighted by atomic mass is 9.98. The lowest BCUT2D eigenvalue weighted by Gasteiger charge is -2.35. The summed E-state index contributed by atoms with van der Waals surface area (Å²) in [5.41, 5.74) is 2.85. The average Bonchev–Trinajstić information content (AvgIpc) is 3.28. The van der Waals surface area contributed by atoms with Crippen molar-refractivity contribution < 1.29 is 4.79 Å². The van der Waals surface area contributed by atoms with Crippen molar-refractivity contribution in [3.05, 3.63) is 51.8 Å². The first-order valence-electron chi connectivity index (χ1n) is 11.9. The van der Waals surface area contributed by atoms with Gasteiger partial charge in [-0.3, -0.25) is 4.79 Å². The van der Waals surface area contributed by atoms with Crippen LogP contribution in [-0.4, -0.2) is 63.9 Å². The van der Waals surface area contributed by atoms with Gasteiger partial charge in [-0.15, -0.1) is 0 Å². The van der Waals surface area contributed by atoms with Gasteiger partial charge in [0.05, 0.1) is 23.0 Å². The van der Waals surface area contributed by atoms with Crippen molar-refractivity contribution >= 4 is 58.2 Å². The molecule has 0 bridgehead atoms. The Labute approximate surface area is 219 Å². The molecule has 2 aliphatic rings. The maximum absolute atomic E-state index is 13.8. The summed E-state index contributed by atoms with van der Waals surface area (Å²) >= 11 is 14.1. The highest BCUT2D eigenvalue weighted by Crippen LogP contribution is 2.35. The van der Waals surface area contributed by atoms with Crippen molar-refractivity contribution in [2.45, 2.75) is 38.3 Å². The SMILES string of the molecule is CSNc1ccc(Cl)cc1C(=O)N1CCCCC1c1cc2nc(Cl)cc(N3CCNC(C)C3)n2n1. The molecule has 186 valence electrons. The molecule has 0 spiro atoms. The number of aromatic nitrogens is 3. The third-order valence-electron chi connectivity index (χ3n) is 6.62. The van der Waals surface area contributed by atoms with Gasteiger partial charge >= 0.3 is 0 Å². The van der Waals surface area contributed by atoms with Gasteiger partial charge < -0.3 is 19.8 Å². The molecule has 2 aliphatic heterocycles. The molecule has 2 atom stereocenters. The number of piperazine rings is 1. The van der Waals surface area contributed by atoms with Gasteiger partial charge in [-0.2, -0.15) is 9.61 Å². The third-order valence-corrected chi connectivity index (χ3v) is 7.47. The van der Waals surface area contributed by atoms with Gasteiger partial charge in [-0.05, 0) is 44.4 Å². The van der Waals surface area contributed by atoms with Gasteiger partial charge in [0.25, 0.3) is 5.91 Å². The number of carbonyl (C=O) groups is 1. The fourth-order valence-corrected chi connectivity index (χ4v) is 5.76. The van der Waals surface area contributed by atoms with Crippen LogP contribution in [-0.2, 0) is 0 Å². The summed E-state index contributed by atoms with van der Waals surface area (Å²) in [7, 11) is 0. The number of piperidine rings is 1. The molecular formula is C24H29Cl2N7OS. The number of hydrogen-bond donors (Lipinski definition) is 2. The van der Waals surface area contributed by atoms with Crippen LogP contribution in [0.15, 0.2) is 30.3 Å². The first-order chi connectivity index (χ1) is 16.9. The molecule has 2 unspecified atom stereocenters. The molecule has 11 heteroatoms. The van der Waals surface area contributed by atoms with E-state index in [2.05, 4.69) is 26.8 Å². The summed E-state index contributed by atoms with van der Waals surface area (Å²) in [6, 6.07) is 9.45. The zero-order valence-electron chi connectivity index (χ0n) is 19.8. The molecule has 8 nitrogen and oxygen atoms in total. The first kappa shape index (κ1) is 24.5. The molecule has 0 aliphatic carbocycles. The first-order valence-corrected chi connectivity index (χ1v) is 13.9. The van der Waals surface area contributed by atoms with Gasteiger partial charge in [-0.25, -0.2) is 4.98 Å². The van der Waals surface area contributed by atoms with E-state index in [1.807, 2.05) is 33.9 Å². The summed E-state index contributed by atoms with van der Waals surface area (Å²) in [6.45, 7) is 5.45. The standard InChI is InChI=1S/C24H29Cl2N7OS/c1-15-14-31(10-8-27-15)23-13-21(26)28-22-12-19(29-33(22)23)20-5-3-4-9-32(20)24(34)17-11-16(25)6-7-18(17)30-35-2/h6-7,11-13,15,20,27,30H,3-5,8-10,14H2,1-2H3.